The summed E-state index contributed by atoms with van der Waals surface area (Å²) in [5.74, 6) is -0.0899. The SMILES string of the molecule is O=C(N[C@@H](Cc1ccccc1)C(=O)N1CCN(Cc2cn3ccccc3n2)CC1)OCc1ccccc1. The number of pyridine rings is 1. The van der Waals surface area contributed by atoms with E-state index in [1.165, 1.54) is 0 Å². The number of carbonyl (C=O) groups excluding carboxylic acids is 2. The highest BCUT2D eigenvalue weighted by Crippen LogP contribution is 2.13. The van der Waals surface area contributed by atoms with Crippen LogP contribution >= 0.6 is 0 Å². The third kappa shape index (κ3) is 6.54. The molecule has 0 radical (unpaired) electrons. The summed E-state index contributed by atoms with van der Waals surface area (Å²) >= 11 is 0. The Morgan fingerprint density at radius 2 is 1.54 bits per heavy atom. The van der Waals surface area contributed by atoms with Gasteiger partial charge in [0.15, 0.2) is 0 Å². The normalized spacial score (nSPS) is 14.9. The Kier molecular flexibility index (Phi) is 7.76. The topological polar surface area (TPSA) is 79.2 Å². The predicted molar refractivity (Wildman–Crippen MR) is 141 cm³/mol. The molecule has 5 rings (SSSR count). The van der Waals surface area contributed by atoms with E-state index in [-0.39, 0.29) is 12.5 Å². The van der Waals surface area contributed by atoms with Crippen LogP contribution in [0.3, 0.4) is 0 Å². The lowest BCUT2D eigenvalue weighted by Crippen LogP contribution is -2.55. The fourth-order valence-electron chi connectivity index (χ4n) is 4.60. The highest BCUT2D eigenvalue weighted by Gasteiger charge is 2.29. The van der Waals surface area contributed by atoms with Crippen LogP contribution in [0.4, 0.5) is 4.79 Å². The van der Waals surface area contributed by atoms with Crippen LogP contribution < -0.4 is 5.32 Å². The molecule has 3 heterocycles. The number of nitrogens with zero attached hydrogens (tertiary/aromatic N) is 4. The van der Waals surface area contributed by atoms with Crippen LogP contribution in [-0.2, 0) is 29.1 Å². The molecule has 1 saturated heterocycles. The van der Waals surface area contributed by atoms with E-state index in [1.807, 2.05) is 101 Å². The molecule has 4 aromatic rings. The number of aromatic nitrogens is 2. The van der Waals surface area contributed by atoms with Crippen molar-refractivity contribution in [1.29, 1.82) is 0 Å². The Morgan fingerprint density at radius 1 is 0.865 bits per heavy atom. The van der Waals surface area contributed by atoms with Crippen molar-refractivity contribution >= 4 is 17.6 Å². The molecule has 0 spiro atoms. The lowest BCUT2D eigenvalue weighted by molar-refractivity contribution is -0.135. The van der Waals surface area contributed by atoms with Gasteiger partial charge in [0.25, 0.3) is 0 Å². The van der Waals surface area contributed by atoms with Crippen molar-refractivity contribution in [2.24, 2.45) is 0 Å². The standard InChI is InChI=1S/C29H31N5O3/c35-28(33-17-15-32(16-18-33)20-25-21-34-14-8-7-13-27(34)30-25)26(19-23-9-3-1-4-10-23)31-29(36)37-22-24-11-5-2-6-12-24/h1-14,21,26H,15-20,22H2,(H,31,36)/t26-/m0/s1. The maximum atomic E-state index is 13.5. The molecule has 1 aliphatic rings. The van der Waals surface area contributed by atoms with Gasteiger partial charge in [-0.15, -0.1) is 0 Å². The lowest BCUT2D eigenvalue weighted by atomic mass is 10.0. The number of carbonyl (C=O) groups is 2. The van der Waals surface area contributed by atoms with E-state index in [0.717, 1.165) is 42.1 Å². The summed E-state index contributed by atoms with van der Waals surface area (Å²) in [6.45, 7) is 3.57. The molecule has 0 bridgehead atoms. The Hall–Kier alpha value is -4.17. The number of piperazine rings is 1. The number of ether oxygens (including phenoxy) is 1. The summed E-state index contributed by atoms with van der Waals surface area (Å²) < 4.78 is 7.42. The van der Waals surface area contributed by atoms with Crippen molar-refractivity contribution in [1.82, 2.24) is 24.5 Å². The number of nitrogens with one attached hydrogen (secondary N) is 1. The second-order valence-electron chi connectivity index (χ2n) is 9.25. The maximum Gasteiger partial charge on any atom is 0.408 e. The summed E-state index contributed by atoms with van der Waals surface area (Å²) in [6, 6.07) is 24.5. The van der Waals surface area contributed by atoms with Gasteiger partial charge in [0.05, 0.1) is 5.69 Å². The van der Waals surface area contributed by atoms with Crippen LogP contribution in [-0.4, -0.2) is 63.4 Å². The van der Waals surface area contributed by atoms with Crippen molar-refractivity contribution < 1.29 is 14.3 Å². The molecular formula is C29H31N5O3. The second-order valence-corrected chi connectivity index (χ2v) is 9.25. The van der Waals surface area contributed by atoms with E-state index in [0.29, 0.717) is 19.5 Å². The molecule has 2 aromatic heterocycles. The molecule has 1 atom stereocenters. The van der Waals surface area contributed by atoms with Gasteiger partial charge >= 0.3 is 6.09 Å². The second kappa shape index (κ2) is 11.7. The molecule has 0 aliphatic carbocycles. The number of imidazole rings is 1. The first-order valence-corrected chi connectivity index (χ1v) is 12.6. The number of hydrogen-bond donors (Lipinski definition) is 1. The first kappa shape index (κ1) is 24.5. The number of benzene rings is 2. The van der Waals surface area contributed by atoms with E-state index >= 15 is 0 Å². The van der Waals surface area contributed by atoms with Crippen molar-refractivity contribution in [3.8, 4) is 0 Å². The highest BCUT2D eigenvalue weighted by molar-refractivity contribution is 5.86. The molecule has 8 heteroatoms. The van der Waals surface area contributed by atoms with Gasteiger partial charge in [-0.25, -0.2) is 9.78 Å². The zero-order valence-electron chi connectivity index (χ0n) is 20.7. The average molecular weight is 498 g/mol. The van der Waals surface area contributed by atoms with Crippen LogP contribution in [0, 0.1) is 0 Å². The molecular weight excluding hydrogens is 466 g/mol. The van der Waals surface area contributed by atoms with Crippen LogP contribution in [0.1, 0.15) is 16.8 Å². The Morgan fingerprint density at radius 3 is 2.24 bits per heavy atom. The van der Waals surface area contributed by atoms with Gasteiger partial charge in [-0.05, 0) is 23.3 Å². The molecule has 0 saturated carbocycles. The van der Waals surface area contributed by atoms with E-state index in [1.54, 1.807) is 0 Å². The zero-order chi connectivity index (χ0) is 25.5. The first-order valence-electron chi connectivity index (χ1n) is 12.6. The van der Waals surface area contributed by atoms with Crippen LogP contribution in [0.2, 0.25) is 0 Å². The summed E-state index contributed by atoms with van der Waals surface area (Å²) in [5.41, 5.74) is 3.82. The average Bonchev–Trinajstić information content (AvgIpc) is 3.35. The molecule has 2 amide bonds. The van der Waals surface area contributed by atoms with Gasteiger partial charge < -0.3 is 19.4 Å². The van der Waals surface area contributed by atoms with Gasteiger partial charge in [-0.2, -0.15) is 0 Å². The fourth-order valence-corrected chi connectivity index (χ4v) is 4.60. The summed E-state index contributed by atoms with van der Waals surface area (Å²) in [5, 5.41) is 2.82. The summed E-state index contributed by atoms with van der Waals surface area (Å²) in [4.78, 5) is 35.0. The summed E-state index contributed by atoms with van der Waals surface area (Å²) in [6.07, 6.45) is 3.85. The molecule has 8 nitrogen and oxygen atoms in total. The van der Waals surface area contributed by atoms with Crippen LogP contribution in [0.25, 0.3) is 5.65 Å². The smallest absolute Gasteiger partial charge is 0.408 e. The van der Waals surface area contributed by atoms with E-state index in [9.17, 15) is 9.59 Å². The highest BCUT2D eigenvalue weighted by atomic mass is 16.5. The van der Waals surface area contributed by atoms with E-state index in [4.69, 9.17) is 4.74 Å². The van der Waals surface area contributed by atoms with Gasteiger partial charge in [0.2, 0.25) is 5.91 Å². The number of rotatable bonds is 8. The minimum Gasteiger partial charge on any atom is -0.445 e. The number of hydrogen-bond acceptors (Lipinski definition) is 5. The minimum atomic E-state index is -0.698. The van der Waals surface area contributed by atoms with Crippen LogP contribution in [0.5, 0.6) is 0 Å². The van der Waals surface area contributed by atoms with Gasteiger partial charge in [-0.1, -0.05) is 66.7 Å². The van der Waals surface area contributed by atoms with Crippen molar-refractivity contribution in [3.63, 3.8) is 0 Å². The molecule has 0 unspecified atom stereocenters. The quantitative estimate of drug-likeness (QED) is 0.403. The molecule has 1 fully saturated rings. The first-order chi connectivity index (χ1) is 18.1. The third-order valence-corrected chi connectivity index (χ3v) is 6.57. The van der Waals surface area contributed by atoms with Gasteiger partial charge in [0.1, 0.15) is 18.3 Å². The number of alkyl carbamates (subject to hydrolysis) is 1. The minimum absolute atomic E-state index is 0.0899. The van der Waals surface area contributed by atoms with Gasteiger partial charge in [-0.3, -0.25) is 9.69 Å². The summed E-state index contributed by atoms with van der Waals surface area (Å²) in [7, 11) is 0. The van der Waals surface area contributed by atoms with E-state index < -0.39 is 12.1 Å². The van der Waals surface area contributed by atoms with Crippen molar-refractivity contribution in [2.75, 3.05) is 26.2 Å². The Balaban J connectivity index is 1.18. The third-order valence-electron chi connectivity index (χ3n) is 6.57. The van der Waals surface area contributed by atoms with Crippen molar-refractivity contribution in [2.45, 2.75) is 25.6 Å². The molecule has 1 aliphatic heterocycles. The largest absolute Gasteiger partial charge is 0.445 e. The van der Waals surface area contributed by atoms with Crippen molar-refractivity contribution in [3.05, 3.63) is 108 Å². The van der Waals surface area contributed by atoms with E-state index in [2.05, 4.69) is 15.2 Å². The predicted octanol–water partition coefficient (Wildman–Crippen LogP) is 3.52. The number of fused-ring (bicyclic) bond motifs is 1. The Bertz CT molecular complexity index is 1280. The molecule has 2 aromatic carbocycles. The fraction of sp³-hybridized carbons (Fsp3) is 0.276. The molecule has 37 heavy (non-hydrogen) atoms. The van der Waals surface area contributed by atoms with Crippen LogP contribution in [0.15, 0.2) is 91.3 Å². The van der Waals surface area contributed by atoms with Gasteiger partial charge in [0, 0.05) is 51.5 Å². The Labute approximate surface area is 216 Å². The number of amides is 2. The maximum absolute atomic E-state index is 13.5. The molecule has 1 N–H and O–H groups in total. The lowest BCUT2D eigenvalue weighted by Gasteiger charge is -2.36. The molecule has 190 valence electrons. The zero-order valence-corrected chi connectivity index (χ0v) is 20.7. The monoisotopic (exact) mass is 497 g/mol.